The molecule has 0 atom stereocenters. The van der Waals surface area contributed by atoms with Gasteiger partial charge in [0.05, 0.1) is 24.1 Å². The number of thioether (sulfide) groups is 1. The standard InChI is InChI=1S/C24H35N3O3S/c1-2-3-4-5-6-7-8-9-10-13-17-30-24-22(31-18-16-21(28)29)23-25-19-14-11-12-15-20(19)27(23)26-24/h11-12,14-15,25H,2-10,13,16-18H2,1H3,(H,28,29). The lowest BCUT2D eigenvalue weighted by atomic mass is 10.1. The third-order valence-corrected chi connectivity index (χ3v) is 6.56. The van der Waals surface area contributed by atoms with Crippen LogP contribution >= 0.6 is 11.8 Å². The summed E-state index contributed by atoms with van der Waals surface area (Å²) in [6.45, 7) is 2.90. The topological polar surface area (TPSA) is 79.6 Å². The molecule has 0 saturated heterocycles. The Labute approximate surface area is 188 Å². The van der Waals surface area contributed by atoms with Crippen molar-refractivity contribution in [2.75, 3.05) is 12.4 Å². The lowest BCUT2D eigenvalue weighted by Crippen LogP contribution is -2.00. The number of ether oxygens (including phenoxy) is 1. The molecule has 0 radical (unpaired) electrons. The lowest BCUT2D eigenvalue weighted by Gasteiger charge is -2.06. The van der Waals surface area contributed by atoms with Crippen molar-refractivity contribution in [3.63, 3.8) is 0 Å². The van der Waals surface area contributed by atoms with Gasteiger partial charge in [-0.1, -0.05) is 76.8 Å². The highest BCUT2D eigenvalue weighted by atomic mass is 32.2. The number of aromatic amines is 1. The van der Waals surface area contributed by atoms with Gasteiger partial charge < -0.3 is 14.8 Å². The number of fused-ring (bicyclic) bond motifs is 3. The van der Waals surface area contributed by atoms with E-state index in [1.54, 1.807) is 0 Å². The van der Waals surface area contributed by atoms with E-state index in [2.05, 4.69) is 17.0 Å². The number of rotatable bonds is 16. The summed E-state index contributed by atoms with van der Waals surface area (Å²) in [5.41, 5.74) is 2.87. The Kier molecular flexibility index (Phi) is 9.59. The Morgan fingerprint density at radius 3 is 2.45 bits per heavy atom. The second kappa shape index (κ2) is 12.6. The molecule has 0 unspecified atom stereocenters. The monoisotopic (exact) mass is 445 g/mol. The van der Waals surface area contributed by atoms with Crippen LogP contribution in [-0.2, 0) is 4.79 Å². The number of aliphatic carboxylic acids is 1. The number of benzene rings is 1. The van der Waals surface area contributed by atoms with Crippen LogP contribution in [0, 0.1) is 0 Å². The van der Waals surface area contributed by atoms with Crippen LogP contribution in [0.25, 0.3) is 16.7 Å². The third-order valence-electron chi connectivity index (χ3n) is 5.50. The van der Waals surface area contributed by atoms with Crippen molar-refractivity contribution in [3.05, 3.63) is 24.3 Å². The molecular weight excluding hydrogens is 410 g/mol. The number of nitrogens with one attached hydrogen (secondary N) is 1. The SMILES string of the molecule is CCCCCCCCCCCCOc1nn2c([nH]c3ccccc32)c1SCCC(=O)O. The summed E-state index contributed by atoms with van der Waals surface area (Å²) in [7, 11) is 0. The number of carboxylic acid groups (broad SMARTS) is 1. The predicted octanol–water partition coefficient (Wildman–Crippen LogP) is 6.68. The van der Waals surface area contributed by atoms with Crippen molar-refractivity contribution in [2.24, 2.45) is 0 Å². The average Bonchev–Trinajstić information content (AvgIpc) is 3.28. The molecule has 3 aromatic rings. The van der Waals surface area contributed by atoms with Gasteiger partial charge >= 0.3 is 5.97 Å². The zero-order valence-electron chi connectivity index (χ0n) is 18.6. The highest BCUT2D eigenvalue weighted by Gasteiger charge is 2.19. The van der Waals surface area contributed by atoms with Crippen LogP contribution < -0.4 is 4.74 Å². The second-order valence-electron chi connectivity index (χ2n) is 8.06. The van der Waals surface area contributed by atoms with Gasteiger partial charge in [-0.05, 0) is 18.6 Å². The van der Waals surface area contributed by atoms with E-state index in [9.17, 15) is 4.79 Å². The van der Waals surface area contributed by atoms with E-state index in [-0.39, 0.29) is 6.42 Å². The molecule has 3 rings (SSSR count). The maximum absolute atomic E-state index is 10.9. The first-order valence-corrected chi connectivity index (χ1v) is 12.7. The highest BCUT2D eigenvalue weighted by molar-refractivity contribution is 7.99. The van der Waals surface area contributed by atoms with Gasteiger partial charge in [0.2, 0.25) is 5.88 Å². The molecule has 31 heavy (non-hydrogen) atoms. The van der Waals surface area contributed by atoms with Gasteiger partial charge in [0.25, 0.3) is 0 Å². The molecule has 7 heteroatoms. The zero-order valence-corrected chi connectivity index (χ0v) is 19.4. The second-order valence-corrected chi connectivity index (χ2v) is 9.16. The Hall–Kier alpha value is -2.15. The molecule has 0 aliphatic rings. The molecule has 1 aromatic carbocycles. The van der Waals surface area contributed by atoms with Crippen molar-refractivity contribution in [2.45, 2.75) is 82.4 Å². The molecule has 0 fully saturated rings. The predicted molar refractivity (Wildman–Crippen MR) is 127 cm³/mol. The molecule has 2 N–H and O–H groups in total. The molecule has 2 aromatic heterocycles. The molecule has 2 heterocycles. The van der Waals surface area contributed by atoms with Crippen molar-refractivity contribution >= 4 is 34.4 Å². The molecule has 0 bridgehead atoms. The molecule has 0 saturated carbocycles. The van der Waals surface area contributed by atoms with Gasteiger partial charge in [-0.2, -0.15) is 0 Å². The molecule has 0 spiro atoms. The average molecular weight is 446 g/mol. The van der Waals surface area contributed by atoms with Gasteiger partial charge in [-0.3, -0.25) is 4.79 Å². The minimum atomic E-state index is -0.791. The summed E-state index contributed by atoms with van der Waals surface area (Å²) in [6.07, 6.45) is 13.0. The number of hydrogen-bond donors (Lipinski definition) is 2. The van der Waals surface area contributed by atoms with Crippen LogP contribution in [0.3, 0.4) is 0 Å². The van der Waals surface area contributed by atoms with Gasteiger partial charge in [0.1, 0.15) is 4.90 Å². The molecular formula is C24H35N3O3S. The van der Waals surface area contributed by atoms with Crippen LogP contribution in [-0.4, -0.2) is 38.0 Å². The normalized spacial score (nSPS) is 11.5. The van der Waals surface area contributed by atoms with Crippen molar-refractivity contribution in [3.8, 4) is 5.88 Å². The lowest BCUT2D eigenvalue weighted by molar-refractivity contribution is -0.136. The van der Waals surface area contributed by atoms with E-state index in [0.29, 0.717) is 18.2 Å². The van der Waals surface area contributed by atoms with E-state index in [1.165, 1.54) is 69.5 Å². The van der Waals surface area contributed by atoms with E-state index in [1.807, 2.05) is 28.8 Å². The first-order valence-electron chi connectivity index (χ1n) is 11.7. The maximum Gasteiger partial charge on any atom is 0.304 e. The van der Waals surface area contributed by atoms with Gasteiger partial charge in [0.15, 0.2) is 5.65 Å². The summed E-state index contributed by atoms with van der Waals surface area (Å²) in [5.74, 6) is 0.296. The molecule has 0 amide bonds. The molecule has 170 valence electrons. The summed E-state index contributed by atoms with van der Waals surface area (Å²) in [6, 6.07) is 8.00. The summed E-state index contributed by atoms with van der Waals surface area (Å²) in [5, 5.41) is 13.7. The Morgan fingerprint density at radius 1 is 1.06 bits per heavy atom. The molecule has 6 nitrogen and oxygen atoms in total. The van der Waals surface area contributed by atoms with Crippen molar-refractivity contribution in [1.82, 2.24) is 14.6 Å². The third kappa shape index (κ3) is 6.92. The smallest absolute Gasteiger partial charge is 0.304 e. The Bertz CT molecular complexity index is 950. The van der Waals surface area contributed by atoms with Crippen LogP contribution in [0.4, 0.5) is 0 Å². The quantitative estimate of drug-likeness (QED) is 0.190. The van der Waals surface area contributed by atoms with E-state index in [4.69, 9.17) is 9.84 Å². The van der Waals surface area contributed by atoms with Crippen LogP contribution in [0.1, 0.15) is 77.6 Å². The Balaban J connectivity index is 1.49. The minimum absolute atomic E-state index is 0.111. The van der Waals surface area contributed by atoms with Crippen LogP contribution in [0.5, 0.6) is 5.88 Å². The summed E-state index contributed by atoms with van der Waals surface area (Å²) < 4.78 is 7.91. The first kappa shape index (κ1) is 23.5. The maximum atomic E-state index is 10.9. The number of hydrogen-bond acceptors (Lipinski definition) is 4. The summed E-state index contributed by atoms with van der Waals surface area (Å²) in [4.78, 5) is 15.2. The number of para-hydroxylation sites is 2. The number of carboxylic acids is 1. The minimum Gasteiger partial charge on any atom is -0.481 e. The van der Waals surface area contributed by atoms with Gasteiger partial charge in [0, 0.05) is 5.75 Å². The van der Waals surface area contributed by atoms with E-state index in [0.717, 1.165) is 28.0 Å². The fourth-order valence-electron chi connectivity index (χ4n) is 3.78. The van der Waals surface area contributed by atoms with Gasteiger partial charge in [-0.15, -0.1) is 16.9 Å². The summed E-state index contributed by atoms with van der Waals surface area (Å²) >= 11 is 1.49. The number of unbranched alkanes of at least 4 members (excludes halogenated alkanes) is 9. The number of H-pyrrole nitrogens is 1. The highest BCUT2D eigenvalue weighted by Crippen LogP contribution is 2.35. The van der Waals surface area contributed by atoms with Crippen molar-refractivity contribution < 1.29 is 14.6 Å². The van der Waals surface area contributed by atoms with Crippen LogP contribution in [0.15, 0.2) is 29.2 Å². The van der Waals surface area contributed by atoms with E-state index >= 15 is 0 Å². The zero-order chi connectivity index (χ0) is 21.9. The number of nitrogens with zero attached hydrogens (tertiary/aromatic N) is 2. The number of carbonyl (C=O) groups is 1. The Morgan fingerprint density at radius 2 is 1.74 bits per heavy atom. The fourth-order valence-corrected chi connectivity index (χ4v) is 4.76. The number of imidazole rings is 1. The first-order chi connectivity index (χ1) is 15.2. The van der Waals surface area contributed by atoms with Crippen molar-refractivity contribution in [1.29, 1.82) is 0 Å². The van der Waals surface area contributed by atoms with Gasteiger partial charge in [-0.25, -0.2) is 4.52 Å². The largest absolute Gasteiger partial charge is 0.481 e. The van der Waals surface area contributed by atoms with E-state index < -0.39 is 5.97 Å². The fraction of sp³-hybridized carbons (Fsp3) is 0.583. The number of aromatic nitrogens is 3. The molecule has 0 aliphatic carbocycles. The van der Waals surface area contributed by atoms with Crippen LogP contribution in [0.2, 0.25) is 0 Å². The molecule has 0 aliphatic heterocycles.